The summed E-state index contributed by atoms with van der Waals surface area (Å²) in [4.78, 5) is 17.2. The van der Waals surface area contributed by atoms with Crippen molar-refractivity contribution in [3.8, 4) is 11.1 Å². The molecule has 3 aliphatic rings. The highest BCUT2D eigenvalue weighted by atomic mass is 16.5. The minimum atomic E-state index is -0.0517. The fraction of sp³-hybridized carbons (Fsp3) is 0.304. The second kappa shape index (κ2) is 6.60. The van der Waals surface area contributed by atoms with Gasteiger partial charge >= 0.3 is 0 Å². The van der Waals surface area contributed by atoms with Crippen molar-refractivity contribution >= 4 is 5.70 Å². The Bertz CT molecular complexity index is 1090. The standard InChI is InChI=1S/C23H23N3O2/c1-14-9-18(11-20-23(14)19-5-7-24-13-21(19)28-20)26-8-6-16(10-22(26)27)17-4-3-15(2)25-12-17/h3-4,6,8-12,14,23-24H,5,7,13H2,1-2H3. The van der Waals surface area contributed by atoms with Crippen molar-refractivity contribution in [2.75, 3.05) is 13.1 Å². The predicted molar refractivity (Wildman–Crippen MR) is 109 cm³/mol. The number of aromatic nitrogens is 2. The number of fused-ring (bicyclic) bond motifs is 2. The zero-order valence-electron chi connectivity index (χ0n) is 16.1. The van der Waals surface area contributed by atoms with Gasteiger partial charge in [0, 0.05) is 47.4 Å². The third-order valence-electron chi connectivity index (χ3n) is 5.83. The number of ether oxygens (including phenoxy) is 1. The van der Waals surface area contributed by atoms with E-state index in [1.165, 1.54) is 5.57 Å². The average molecular weight is 373 g/mol. The van der Waals surface area contributed by atoms with Gasteiger partial charge in [-0.2, -0.15) is 0 Å². The molecule has 0 aromatic carbocycles. The Morgan fingerprint density at radius 2 is 2.14 bits per heavy atom. The molecule has 5 heteroatoms. The van der Waals surface area contributed by atoms with Crippen LogP contribution < -0.4 is 10.9 Å². The van der Waals surface area contributed by atoms with Crippen molar-refractivity contribution in [1.29, 1.82) is 0 Å². The van der Waals surface area contributed by atoms with Crippen LogP contribution in [0.3, 0.4) is 0 Å². The Kier molecular flexibility index (Phi) is 4.05. The molecular weight excluding hydrogens is 350 g/mol. The van der Waals surface area contributed by atoms with Gasteiger partial charge in [-0.1, -0.05) is 19.1 Å². The molecule has 2 unspecified atom stereocenters. The van der Waals surface area contributed by atoms with Crippen LogP contribution in [0.15, 0.2) is 70.7 Å². The molecule has 1 aliphatic carbocycles. The van der Waals surface area contributed by atoms with Crippen LogP contribution in [0.25, 0.3) is 16.8 Å². The second-order valence-electron chi connectivity index (χ2n) is 7.76. The van der Waals surface area contributed by atoms with Gasteiger partial charge in [0.05, 0.1) is 6.54 Å². The molecule has 0 bridgehead atoms. The number of allylic oxidation sites excluding steroid dienone is 4. The third-order valence-corrected chi connectivity index (χ3v) is 5.83. The Hall–Kier alpha value is -2.92. The summed E-state index contributed by atoms with van der Waals surface area (Å²) in [5.41, 5.74) is 5.03. The van der Waals surface area contributed by atoms with Gasteiger partial charge in [-0.3, -0.25) is 14.3 Å². The van der Waals surface area contributed by atoms with E-state index in [0.717, 1.165) is 53.5 Å². The minimum absolute atomic E-state index is 0.0517. The van der Waals surface area contributed by atoms with E-state index < -0.39 is 0 Å². The summed E-state index contributed by atoms with van der Waals surface area (Å²) >= 11 is 0. The lowest BCUT2D eigenvalue weighted by atomic mass is 9.80. The number of rotatable bonds is 2. The van der Waals surface area contributed by atoms with Crippen LogP contribution in [0.4, 0.5) is 0 Å². The molecule has 0 saturated heterocycles. The monoisotopic (exact) mass is 373 g/mol. The summed E-state index contributed by atoms with van der Waals surface area (Å²) in [6.45, 7) is 5.96. The largest absolute Gasteiger partial charge is 0.464 e. The highest BCUT2D eigenvalue weighted by Crippen LogP contribution is 2.45. The molecule has 28 heavy (non-hydrogen) atoms. The molecule has 0 fully saturated rings. The predicted octanol–water partition coefficient (Wildman–Crippen LogP) is 3.49. The molecule has 0 radical (unpaired) electrons. The normalized spacial score (nSPS) is 23.5. The lowest BCUT2D eigenvalue weighted by Crippen LogP contribution is -2.26. The smallest absolute Gasteiger partial charge is 0.255 e. The van der Waals surface area contributed by atoms with E-state index >= 15 is 0 Å². The fourth-order valence-corrected chi connectivity index (χ4v) is 4.40. The van der Waals surface area contributed by atoms with Crippen molar-refractivity contribution in [2.24, 2.45) is 11.8 Å². The number of pyridine rings is 2. The minimum Gasteiger partial charge on any atom is -0.464 e. The summed E-state index contributed by atoms with van der Waals surface area (Å²) in [5.74, 6) is 2.65. The topological polar surface area (TPSA) is 56.1 Å². The van der Waals surface area contributed by atoms with Gasteiger partial charge in [-0.25, -0.2) is 0 Å². The molecule has 2 aromatic heterocycles. The molecule has 2 aliphatic heterocycles. The summed E-state index contributed by atoms with van der Waals surface area (Å²) in [6, 6.07) is 7.59. The van der Waals surface area contributed by atoms with Crippen LogP contribution >= 0.6 is 0 Å². The zero-order valence-corrected chi connectivity index (χ0v) is 16.1. The summed E-state index contributed by atoms with van der Waals surface area (Å²) in [6.07, 6.45) is 8.89. The van der Waals surface area contributed by atoms with Crippen LogP contribution in [0.1, 0.15) is 19.0 Å². The van der Waals surface area contributed by atoms with Crippen molar-refractivity contribution in [3.63, 3.8) is 0 Å². The van der Waals surface area contributed by atoms with Crippen LogP contribution in [-0.2, 0) is 4.74 Å². The lowest BCUT2D eigenvalue weighted by Gasteiger charge is -2.25. The number of hydrogen-bond acceptors (Lipinski definition) is 4. The van der Waals surface area contributed by atoms with E-state index in [4.69, 9.17) is 4.74 Å². The van der Waals surface area contributed by atoms with E-state index in [2.05, 4.69) is 23.3 Å². The van der Waals surface area contributed by atoms with Gasteiger partial charge in [0.2, 0.25) is 0 Å². The lowest BCUT2D eigenvalue weighted by molar-refractivity contribution is 0.283. The van der Waals surface area contributed by atoms with Gasteiger partial charge in [-0.15, -0.1) is 0 Å². The maximum atomic E-state index is 12.8. The second-order valence-corrected chi connectivity index (χ2v) is 7.76. The van der Waals surface area contributed by atoms with Gasteiger partial charge in [-0.05, 0) is 49.1 Å². The molecule has 0 spiro atoms. The SMILES string of the molecule is Cc1ccc(-c2ccn(C3=CC(C)C4C(=C3)OC3=C4CCNC3)c(=O)c2)cn1. The Morgan fingerprint density at radius 3 is 2.93 bits per heavy atom. The van der Waals surface area contributed by atoms with Crippen molar-refractivity contribution < 1.29 is 4.74 Å². The van der Waals surface area contributed by atoms with Crippen LogP contribution in [0, 0.1) is 18.8 Å². The van der Waals surface area contributed by atoms with Crippen LogP contribution in [0.5, 0.6) is 0 Å². The van der Waals surface area contributed by atoms with E-state index in [1.54, 1.807) is 16.8 Å². The van der Waals surface area contributed by atoms with Crippen molar-refractivity contribution in [3.05, 3.63) is 82.0 Å². The number of hydrogen-bond donors (Lipinski definition) is 1. The summed E-state index contributed by atoms with van der Waals surface area (Å²) in [7, 11) is 0. The Morgan fingerprint density at radius 1 is 1.25 bits per heavy atom. The van der Waals surface area contributed by atoms with Gasteiger partial charge in [0.15, 0.2) is 0 Å². The molecule has 2 atom stereocenters. The number of nitrogens with one attached hydrogen (secondary N) is 1. The van der Waals surface area contributed by atoms with E-state index in [0.29, 0.717) is 11.8 Å². The Labute approximate surface area is 164 Å². The quantitative estimate of drug-likeness (QED) is 0.876. The first-order chi connectivity index (χ1) is 13.6. The number of aryl methyl sites for hydroxylation is 1. The molecule has 142 valence electrons. The maximum absolute atomic E-state index is 12.8. The molecular formula is C23H23N3O2. The highest BCUT2D eigenvalue weighted by molar-refractivity contribution is 5.66. The fourth-order valence-electron chi connectivity index (χ4n) is 4.40. The number of nitrogens with zero attached hydrogens (tertiary/aromatic N) is 2. The van der Waals surface area contributed by atoms with Crippen LogP contribution in [0.2, 0.25) is 0 Å². The highest BCUT2D eigenvalue weighted by Gasteiger charge is 2.38. The molecule has 1 N–H and O–H groups in total. The Balaban J connectivity index is 1.47. The van der Waals surface area contributed by atoms with Crippen LogP contribution in [-0.4, -0.2) is 22.6 Å². The third kappa shape index (κ3) is 2.83. The van der Waals surface area contributed by atoms with Gasteiger partial charge in [0.1, 0.15) is 11.5 Å². The molecule has 5 rings (SSSR count). The summed E-state index contributed by atoms with van der Waals surface area (Å²) in [5, 5.41) is 3.37. The van der Waals surface area contributed by atoms with Gasteiger partial charge < -0.3 is 10.1 Å². The summed E-state index contributed by atoms with van der Waals surface area (Å²) < 4.78 is 7.85. The van der Waals surface area contributed by atoms with E-state index in [1.807, 2.05) is 37.4 Å². The maximum Gasteiger partial charge on any atom is 0.255 e. The van der Waals surface area contributed by atoms with Gasteiger partial charge in [0.25, 0.3) is 5.56 Å². The molecule has 2 aromatic rings. The first-order valence-electron chi connectivity index (χ1n) is 9.80. The first kappa shape index (κ1) is 17.2. The van der Waals surface area contributed by atoms with Crippen molar-refractivity contribution in [2.45, 2.75) is 20.3 Å². The molecule has 0 amide bonds. The molecule has 0 saturated carbocycles. The zero-order chi connectivity index (χ0) is 19.3. The van der Waals surface area contributed by atoms with E-state index in [-0.39, 0.29) is 5.56 Å². The first-order valence-corrected chi connectivity index (χ1v) is 9.80. The average Bonchev–Trinajstić information content (AvgIpc) is 3.07. The van der Waals surface area contributed by atoms with E-state index in [9.17, 15) is 4.79 Å². The molecule has 4 heterocycles. The molecule has 5 nitrogen and oxygen atoms in total. The van der Waals surface area contributed by atoms with Crippen molar-refractivity contribution in [1.82, 2.24) is 14.9 Å².